The number of aromatic nitrogens is 1. The summed E-state index contributed by atoms with van der Waals surface area (Å²) < 4.78 is 5.42. The molecule has 0 radical (unpaired) electrons. The molecular formula is C15H17N3O2S. The first-order valence-corrected chi connectivity index (χ1v) is 7.33. The number of carbonyl (C=O) groups excluding carboxylic acids is 1. The van der Waals surface area contributed by atoms with Crippen molar-refractivity contribution in [3.8, 4) is 11.8 Å². The van der Waals surface area contributed by atoms with Crippen LogP contribution < -0.4 is 11.1 Å². The zero-order chi connectivity index (χ0) is 15.4. The molecule has 2 aromatic heterocycles. The largest absolute Gasteiger partial charge is 0.444 e. The van der Waals surface area contributed by atoms with Gasteiger partial charge in [0.05, 0.1) is 28.5 Å². The van der Waals surface area contributed by atoms with Gasteiger partial charge in [-0.15, -0.1) is 11.3 Å². The summed E-state index contributed by atoms with van der Waals surface area (Å²) in [6.45, 7) is 6.22. The van der Waals surface area contributed by atoms with E-state index in [4.69, 9.17) is 10.2 Å². The monoisotopic (exact) mass is 303 g/mol. The number of amides is 1. The van der Waals surface area contributed by atoms with E-state index in [2.05, 4.69) is 22.1 Å². The molecule has 2 aromatic rings. The minimum atomic E-state index is -0.155. The molecule has 0 saturated carbocycles. The van der Waals surface area contributed by atoms with Gasteiger partial charge >= 0.3 is 0 Å². The third-order valence-electron chi connectivity index (χ3n) is 2.92. The predicted molar refractivity (Wildman–Crippen MR) is 82.1 cm³/mol. The van der Waals surface area contributed by atoms with Crippen molar-refractivity contribution in [2.24, 2.45) is 5.73 Å². The molecular weight excluding hydrogens is 286 g/mol. The summed E-state index contributed by atoms with van der Waals surface area (Å²) in [5.41, 5.74) is 7.17. The molecule has 3 N–H and O–H groups in total. The van der Waals surface area contributed by atoms with Crippen molar-refractivity contribution in [2.45, 2.75) is 27.3 Å². The first-order chi connectivity index (χ1) is 10.0. The standard InChI is InChI=1S/C15H17N3O2S/c1-9-7-13(21-12(9)5-4-6-16)15(19)17-8-14-18-10(2)11(3)20-14/h7H,6,8,16H2,1-3H3,(H,17,19). The third-order valence-corrected chi connectivity index (χ3v) is 4.07. The van der Waals surface area contributed by atoms with Crippen molar-refractivity contribution < 1.29 is 9.21 Å². The molecule has 5 nitrogen and oxygen atoms in total. The van der Waals surface area contributed by atoms with Crippen LogP contribution in [0.4, 0.5) is 0 Å². The Hall–Kier alpha value is -2.10. The van der Waals surface area contributed by atoms with Gasteiger partial charge in [0, 0.05) is 0 Å². The van der Waals surface area contributed by atoms with Crippen LogP contribution in [0, 0.1) is 32.6 Å². The maximum atomic E-state index is 12.1. The Bertz CT molecular complexity index is 700. The van der Waals surface area contributed by atoms with Crippen molar-refractivity contribution in [3.63, 3.8) is 0 Å². The Balaban J connectivity index is 2.03. The fraction of sp³-hybridized carbons (Fsp3) is 0.333. The van der Waals surface area contributed by atoms with Gasteiger partial charge in [0.1, 0.15) is 5.76 Å². The van der Waals surface area contributed by atoms with Crippen molar-refractivity contribution >= 4 is 17.2 Å². The number of aryl methyl sites for hydroxylation is 3. The highest BCUT2D eigenvalue weighted by molar-refractivity contribution is 7.14. The van der Waals surface area contributed by atoms with Gasteiger partial charge in [-0.05, 0) is 32.4 Å². The van der Waals surface area contributed by atoms with E-state index in [0.717, 1.165) is 21.9 Å². The lowest BCUT2D eigenvalue weighted by molar-refractivity contribution is 0.0951. The Labute approximate surface area is 127 Å². The molecule has 110 valence electrons. The van der Waals surface area contributed by atoms with E-state index in [-0.39, 0.29) is 12.5 Å². The van der Waals surface area contributed by atoms with Gasteiger partial charge in [-0.25, -0.2) is 4.98 Å². The molecule has 0 spiro atoms. The van der Waals surface area contributed by atoms with Crippen molar-refractivity contribution in [1.29, 1.82) is 0 Å². The molecule has 0 aliphatic carbocycles. The number of nitrogens with zero attached hydrogens (tertiary/aromatic N) is 1. The topological polar surface area (TPSA) is 81.2 Å². The van der Waals surface area contributed by atoms with E-state index in [9.17, 15) is 4.79 Å². The molecule has 0 aromatic carbocycles. The molecule has 0 atom stereocenters. The van der Waals surface area contributed by atoms with Gasteiger partial charge in [0.25, 0.3) is 5.91 Å². The SMILES string of the molecule is Cc1cc(C(=O)NCc2nc(C)c(C)o2)sc1C#CCN. The van der Waals surface area contributed by atoms with Crippen LogP contribution in [0.2, 0.25) is 0 Å². The van der Waals surface area contributed by atoms with Gasteiger partial charge in [-0.2, -0.15) is 0 Å². The molecule has 0 fully saturated rings. The number of thiophene rings is 1. The molecule has 1 amide bonds. The van der Waals surface area contributed by atoms with E-state index >= 15 is 0 Å². The summed E-state index contributed by atoms with van der Waals surface area (Å²) in [6.07, 6.45) is 0. The summed E-state index contributed by atoms with van der Waals surface area (Å²) in [5.74, 6) is 6.88. The number of nitrogens with one attached hydrogen (secondary N) is 1. The average molecular weight is 303 g/mol. The first-order valence-electron chi connectivity index (χ1n) is 6.51. The molecule has 6 heteroatoms. The van der Waals surface area contributed by atoms with Gasteiger partial charge in [-0.3, -0.25) is 4.79 Å². The van der Waals surface area contributed by atoms with Crippen LogP contribution in [0.5, 0.6) is 0 Å². The summed E-state index contributed by atoms with van der Waals surface area (Å²) in [6, 6.07) is 1.83. The second kappa shape index (κ2) is 6.57. The van der Waals surface area contributed by atoms with Crippen molar-refractivity contribution in [3.05, 3.63) is 38.7 Å². The van der Waals surface area contributed by atoms with Crippen LogP contribution >= 0.6 is 11.3 Å². The Morgan fingerprint density at radius 1 is 1.48 bits per heavy atom. The maximum absolute atomic E-state index is 12.1. The highest BCUT2D eigenvalue weighted by Gasteiger charge is 2.13. The fourth-order valence-corrected chi connectivity index (χ4v) is 2.67. The fourth-order valence-electron chi connectivity index (χ4n) is 1.71. The molecule has 21 heavy (non-hydrogen) atoms. The lowest BCUT2D eigenvalue weighted by atomic mass is 10.2. The van der Waals surface area contributed by atoms with Gasteiger partial charge in [0.15, 0.2) is 0 Å². The van der Waals surface area contributed by atoms with E-state index in [1.54, 1.807) is 0 Å². The van der Waals surface area contributed by atoms with Crippen LogP contribution in [0.25, 0.3) is 0 Å². The van der Waals surface area contributed by atoms with Crippen LogP contribution in [0.1, 0.15) is 37.5 Å². The van der Waals surface area contributed by atoms with E-state index in [1.165, 1.54) is 11.3 Å². The quantitative estimate of drug-likeness (QED) is 0.849. The van der Waals surface area contributed by atoms with Gasteiger partial charge in [0.2, 0.25) is 5.89 Å². The normalized spacial score (nSPS) is 10.1. The third kappa shape index (κ3) is 3.72. The van der Waals surface area contributed by atoms with E-state index < -0.39 is 0 Å². The highest BCUT2D eigenvalue weighted by atomic mass is 32.1. The van der Waals surface area contributed by atoms with Crippen molar-refractivity contribution in [1.82, 2.24) is 10.3 Å². The summed E-state index contributed by atoms with van der Waals surface area (Å²) in [4.78, 5) is 17.8. The number of hydrogen-bond acceptors (Lipinski definition) is 5. The second-order valence-corrected chi connectivity index (χ2v) is 5.61. The molecule has 0 bridgehead atoms. The Morgan fingerprint density at radius 3 is 2.86 bits per heavy atom. The molecule has 0 unspecified atom stereocenters. The summed E-state index contributed by atoms with van der Waals surface area (Å²) in [5, 5.41) is 2.79. The van der Waals surface area contributed by atoms with E-state index in [0.29, 0.717) is 17.3 Å². The molecule has 0 saturated heterocycles. The predicted octanol–water partition coefficient (Wildman–Crippen LogP) is 1.90. The summed E-state index contributed by atoms with van der Waals surface area (Å²) >= 11 is 1.36. The van der Waals surface area contributed by atoms with Crippen LogP contribution in [-0.4, -0.2) is 17.4 Å². The van der Waals surface area contributed by atoms with Crippen LogP contribution in [-0.2, 0) is 6.54 Å². The smallest absolute Gasteiger partial charge is 0.261 e. The molecule has 0 aliphatic rings. The first kappa shape index (κ1) is 15.3. The molecule has 2 heterocycles. The lowest BCUT2D eigenvalue weighted by Gasteiger charge is -1.99. The molecule has 2 rings (SSSR count). The average Bonchev–Trinajstić information content (AvgIpc) is 2.97. The number of rotatable bonds is 3. The number of carbonyl (C=O) groups is 1. The number of hydrogen-bond donors (Lipinski definition) is 2. The van der Waals surface area contributed by atoms with Gasteiger partial charge < -0.3 is 15.5 Å². The second-order valence-electron chi connectivity index (χ2n) is 4.56. The van der Waals surface area contributed by atoms with Crippen LogP contribution in [0.3, 0.4) is 0 Å². The summed E-state index contributed by atoms with van der Waals surface area (Å²) in [7, 11) is 0. The van der Waals surface area contributed by atoms with Crippen LogP contribution in [0.15, 0.2) is 10.5 Å². The highest BCUT2D eigenvalue weighted by Crippen LogP contribution is 2.21. The molecule has 0 aliphatic heterocycles. The Morgan fingerprint density at radius 2 is 2.24 bits per heavy atom. The van der Waals surface area contributed by atoms with Gasteiger partial charge in [-0.1, -0.05) is 11.8 Å². The lowest BCUT2D eigenvalue weighted by Crippen LogP contribution is -2.21. The minimum Gasteiger partial charge on any atom is -0.444 e. The van der Waals surface area contributed by atoms with Crippen molar-refractivity contribution in [2.75, 3.05) is 6.54 Å². The Kier molecular flexibility index (Phi) is 4.78. The zero-order valence-corrected chi connectivity index (χ0v) is 13.1. The van der Waals surface area contributed by atoms with E-state index in [1.807, 2.05) is 26.8 Å². The maximum Gasteiger partial charge on any atom is 0.261 e. The minimum absolute atomic E-state index is 0.155. The number of oxazole rings is 1. The number of nitrogens with two attached hydrogens (primary N) is 1. The zero-order valence-electron chi connectivity index (χ0n) is 12.2.